The van der Waals surface area contributed by atoms with Crippen molar-refractivity contribution in [3.05, 3.63) is 29.6 Å². The number of nitrogens with zero attached hydrogens (tertiary/aromatic N) is 2. The van der Waals surface area contributed by atoms with Gasteiger partial charge in [0.25, 0.3) is 0 Å². The first kappa shape index (κ1) is 10.6. The van der Waals surface area contributed by atoms with E-state index in [1.54, 1.807) is 0 Å². The van der Waals surface area contributed by atoms with E-state index in [1.165, 1.54) is 6.42 Å². The summed E-state index contributed by atoms with van der Waals surface area (Å²) in [5, 5.41) is 0. The molecule has 0 bridgehead atoms. The molecule has 0 unspecified atom stereocenters. The number of hydrogen-bond acceptors (Lipinski definition) is 3. The normalized spacial score (nSPS) is 22.9. The van der Waals surface area contributed by atoms with E-state index < -0.39 is 0 Å². The maximum atomic E-state index is 5.95. The van der Waals surface area contributed by atoms with Crippen molar-refractivity contribution in [2.75, 3.05) is 13.1 Å². The van der Waals surface area contributed by atoms with E-state index in [0.29, 0.717) is 6.04 Å². The highest BCUT2D eigenvalue weighted by atomic mass is 15.1. The maximum Gasteiger partial charge on any atom is 0.0547 e. The van der Waals surface area contributed by atoms with E-state index in [1.807, 2.05) is 13.0 Å². The van der Waals surface area contributed by atoms with E-state index in [-0.39, 0.29) is 0 Å². The Kier molecular flexibility index (Phi) is 3.34. The molecule has 1 atom stereocenters. The van der Waals surface area contributed by atoms with Gasteiger partial charge in [0.15, 0.2) is 0 Å². The Labute approximate surface area is 91.3 Å². The molecule has 2 heterocycles. The second-order valence-corrected chi connectivity index (χ2v) is 4.41. The Morgan fingerprint density at radius 3 is 3.13 bits per heavy atom. The van der Waals surface area contributed by atoms with Gasteiger partial charge in [0.1, 0.15) is 0 Å². The van der Waals surface area contributed by atoms with Gasteiger partial charge in [-0.3, -0.25) is 9.88 Å². The number of pyridine rings is 1. The molecule has 3 heteroatoms. The largest absolute Gasteiger partial charge is 0.327 e. The quantitative estimate of drug-likeness (QED) is 0.791. The summed E-state index contributed by atoms with van der Waals surface area (Å²) < 4.78 is 0. The number of aromatic nitrogens is 1. The highest BCUT2D eigenvalue weighted by Gasteiger charge is 2.16. The van der Waals surface area contributed by atoms with Gasteiger partial charge in [0, 0.05) is 24.8 Å². The minimum atomic E-state index is 0.351. The zero-order valence-electron chi connectivity index (χ0n) is 9.32. The van der Waals surface area contributed by atoms with Crippen LogP contribution in [0.3, 0.4) is 0 Å². The molecule has 0 aromatic carbocycles. The molecular formula is C12H19N3. The van der Waals surface area contributed by atoms with Crippen molar-refractivity contribution in [1.29, 1.82) is 0 Å². The second kappa shape index (κ2) is 4.73. The van der Waals surface area contributed by atoms with Crippen molar-refractivity contribution in [2.45, 2.75) is 32.4 Å². The average Bonchev–Trinajstić information content (AvgIpc) is 2.17. The van der Waals surface area contributed by atoms with Gasteiger partial charge in [-0.05, 0) is 38.4 Å². The third kappa shape index (κ3) is 3.01. The van der Waals surface area contributed by atoms with Crippen molar-refractivity contribution < 1.29 is 0 Å². The molecule has 1 saturated heterocycles. The van der Waals surface area contributed by atoms with Gasteiger partial charge in [-0.15, -0.1) is 0 Å². The summed E-state index contributed by atoms with van der Waals surface area (Å²) in [5.74, 6) is 0. The molecule has 1 aromatic heterocycles. The molecule has 2 rings (SSSR count). The maximum absolute atomic E-state index is 5.95. The Balaban J connectivity index is 1.96. The molecule has 82 valence electrons. The predicted octanol–water partition coefficient (Wildman–Crippen LogP) is 1.31. The zero-order valence-corrected chi connectivity index (χ0v) is 9.32. The molecule has 2 N–H and O–H groups in total. The zero-order chi connectivity index (χ0) is 10.7. The molecule has 3 nitrogen and oxygen atoms in total. The molecule has 0 spiro atoms. The van der Waals surface area contributed by atoms with Crippen LogP contribution in [0.25, 0.3) is 0 Å². The molecule has 0 radical (unpaired) electrons. The van der Waals surface area contributed by atoms with Gasteiger partial charge in [-0.1, -0.05) is 6.07 Å². The molecule has 1 aliphatic rings. The summed E-state index contributed by atoms with van der Waals surface area (Å²) in [7, 11) is 0. The van der Waals surface area contributed by atoms with E-state index >= 15 is 0 Å². The lowest BCUT2D eigenvalue weighted by Crippen LogP contribution is -2.42. The van der Waals surface area contributed by atoms with Crippen LogP contribution in [0.15, 0.2) is 18.2 Å². The Morgan fingerprint density at radius 2 is 2.40 bits per heavy atom. The summed E-state index contributed by atoms with van der Waals surface area (Å²) >= 11 is 0. The van der Waals surface area contributed by atoms with Crippen LogP contribution < -0.4 is 5.73 Å². The summed E-state index contributed by atoms with van der Waals surface area (Å²) in [6.07, 6.45) is 2.38. The highest BCUT2D eigenvalue weighted by molar-refractivity contribution is 5.09. The Hall–Kier alpha value is -0.930. The van der Waals surface area contributed by atoms with Gasteiger partial charge in [-0.2, -0.15) is 0 Å². The summed E-state index contributed by atoms with van der Waals surface area (Å²) in [5.41, 5.74) is 8.19. The van der Waals surface area contributed by atoms with Crippen molar-refractivity contribution in [2.24, 2.45) is 5.73 Å². The Morgan fingerprint density at radius 1 is 1.53 bits per heavy atom. The van der Waals surface area contributed by atoms with E-state index in [4.69, 9.17) is 5.73 Å². The first-order valence-corrected chi connectivity index (χ1v) is 5.64. The number of likely N-dealkylation sites (tertiary alicyclic amines) is 1. The van der Waals surface area contributed by atoms with Gasteiger partial charge >= 0.3 is 0 Å². The van der Waals surface area contributed by atoms with Gasteiger partial charge in [-0.25, -0.2) is 0 Å². The topological polar surface area (TPSA) is 42.1 Å². The minimum absolute atomic E-state index is 0.351. The lowest BCUT2D eigenvalue weighted by Gasteiger charge is -2.30. The summed E-state index contributed by atoms with van der Waals surface area (Å²) in [6.45, 7) is 5.14. The second-order valence-electron chi connectivity index (χ2n) is 4.41. The van der Waals surface area contributed by atoms with Crippen LogP contribution in [0, 0.1) is 6.92 Å². The fourth-order valence-corrected chi connectivity index (χ4v) is 2.15. The van der Waals surface area contributed by atoms with Crippen LogP contribution in [-0.2, 0) is 6.54 Å². The van der Waals surface area contributed by atoms with Crippen LogP contribution in [0.2, 0.25) is 0 Å². The number of rotatable bonds is 2. The molecule has 1 aliphatic heterocycles. The van der Waals surface area contributed by atoms with Crippen molar-refractivity contribution in [3.63, 3.8) is 0 Å². The molecule has 0 saturated carbocycles. The van der Waals surface area contributed by atoms with Gasteiger partial charge < -0.3 is 5.73 Å². The number of piperidine rings is 1. The van der Waals surface area contributed by atoms with E-state index in [2.05, 4.69) is 22.0 Å². The van der Waals surface area contributed by atoms with Crippen molar-refractivity contribution >= 4 is 0 Å². The predicted molar refractivity (Wildman–Crippen MR) is 61.5 cm³/mol. The monoisotopic (exact) mass is 205 g/mol. The van der Waals surface area contributed by atoms with Crippen LogP contribution in [0.5, 0.6) is 0 Å². The van der Waals surface area contributed by atoms with E-state index in [0.717, 1.165) is 37.4 Å². The fourth-order valence-electron chi connectivity index (χ4n) is 2.15. The lowest BCUT2D eigenvalue weighted by molar-refractivity contribution is 0.199. The molecule has 1 fully saturated rings. The van der Waals surface area contributed by atoms with Crippen LogP contribution >= 0.6 is 0 Å². The summed E-state index contributed by atoms with van der Waals surface area (Å²) in [6, 6.07) is 6.55. The van der Waals surface area contributed by atoms with Crippen LogP contribution in [-0.4, -0.2) is 29.0 Å². The molecular weight excluding hydrogens is 186 g/mol. The van der Waals surface area contributed by atoms with Gasteiger partial charge in [0.05, 0.1) is 5.69 Å². The van der Waals surface area contributed by atoms with E-state index in [9.17, 15) is 0 Å². The van der Waals surface area contributed by atoms with Crippen LogP contribution in [0.4, 0.5) is 0 Å². The first-order valence-electron chi connectivity index (χ1n) is 5.64. The SMILES string of the molecule is Cc1cccc(CN2CCC[C@@H](N)C2)n1. The number of nitrogens with two attached hydrogens (primary N) is 1. The van der Waals surface area contributed by atoms with Crippen molar-refractivity contribution in [1.82, 2.24) is 9.88 Å². The number of aryl methyl sites for hydroxylation is 1. The first-order chi connectivity index (χ1) is 7.24. The molecule has 0 aliphatic carbocycles. The molecule has 15 heavy (non-hydrogen) atoms. The molecule has 1 aromatic rings. The lowest BCUT2D eigenvalue weighted by atomic mass is 10.1. The summed E-state index contributed by atoms with van der Waals surface area (Å²) in [4.78, 5) is 6.91. The van der Waals surface area contributed by atoms with Crippen molar-refractivity contribution in [3.8, 4) is 0 Å². The third-order valence-corrected chi connectivity index (χ3v) is 2.87. The standard InChI is InChI=1S/C12H19N3/c1-10-4-2-6-12(14-10)9-15-7-3-5-11(13)8-15/h2,4,6,11H,3,5,7-9,13H2,1H3/t11-/m1/s1. The average molecular weight is 205 g/mol. The Bertz CT molecular complexity index is 324. The third-order valence-electron chi connectivity index (χ3n) is 2.87. The minimum Gasteiger partial charge on any atom is -0.327 e. The molecule has 0 amide bonds. The van der Waals surface area contributed by atoms with Gasteiger partial charge in [0.2, 0.25) is 0 Å². The highest BCUT2D eigenvalue weighted by Crippen LogP contribution is 2.11. The smallest absolute Gasteiger partial charge is 0.0547 e. The fraction of sp³-hybridized carbons (Fsp3) is 0.583. The number of hydrogen-bond donors (Lipinski definition) is 1. The van der Waals surface area contributed by atoms with Crippen LogP contribution in [0.1, 0.15) is 24.2 Å².